The number of benzene rings is 2. The molecule has 4 rings (SSSR count). The number of rotatable bonds is 6. The van der Waals surface area contributed by atoms with Crippen LogP contribution >= 0.6 is 11.8 Å². The number of halogens is 2. The van der Waals surface area contributed by atoms with Crippen molar-refractivity contribution < 1.29 is 18.7 Å². The molecule has 10 heteroatoms. The first kappa shape index (κ1) is 21.3. The second-order valence-electron chi connectivity index (χ2n) is 7.17. The van der Waals surface area contributed by atoms with Crippen molar-refractivity contribution in [1.82, 2.24) is 19.7 Å². The molecule has 0 bridgehead atoms. The maximum atomic E-state index is 14.8. The lowest BCUT2D eigenvalue weighted by molar-refractivity contribution is -0.0992. The van der Waals surface area contributed by atoms with E-state index in [0.717, 1.165) is 11.0 Å². The van der Waals surface area contributed by atoms with Crippen LogP contribution in [0.5, 0.6) is 0 Å². The van der Waals surface area contributed by atoms with Crippen molar-refractivity contribution in [3.8, 4) is 0 Å². The summed E-state index contributed by atoms with van der Waals surface area (Å²) >= 11 is 1.49. The van der Waals surface area contributed by atoms with Gasteiger partial charge in [0.15, 0.2) is 0 Å². The van der Waals surface area contributed by atoms with Crippen LogP contribution in [0.4, 0.5) is 14.5 Å². The molecule has 7 nitrogen and oxygen atoms in total. The third-order valence-electron chi connectivity index (χ3n) is 5.41. The molecular weight excluding hydrogens is 424 g/mol. The Balaban J connectivity index is 1.79. The first-order valence-corrected chi connectivity index (χ1v) is 10.8. The summed E-state index contributed by atoms with van der Waals surface area (Å²) in [5.74, 6) is -4.28. The number of aromatic nitrogens is 3. The van der Waals surface area contributed by atoms with Crippen LogP contribution in [0.1, 0.15) is 22.3 Å². The van der Waals surface area contributed by atoms with E-state index in [-0.39, 0.29) is 12.1 Å². The summed E-state index contributed by atoms with van der Waals surface area (Å²) in [6.07, 6.45) is 5.29. The molecule has 0 spiro atoms. The average Bonchev–Trinajstić information content (AvgIpc) is 3.27. The van der Waals surface area contributed by atoms with Crippen LogP contribution < -0.4 is 4.90 Å². The van der Waals surface area contributed by atoms with Gasteiger partial charge in [-0.25, -0.2) is 13.8 Å². The highest BCUT2D eigenvalue weighted by atomic mass is 32.2. The highest BCUT2D eigenvalue weighted by Crippen LogP contribution is 2.42. The molecule has 1 N–H and O–H groups in total. The average molecular weight is 445 g/mol. The Morgan fingerprint density at radius 3 is 2.65 bits per heavy atom. The molecule has 2 heterocycles. The van der Waals surface area contributed by atoms with Crippen molar-refractivity contribution in [3.05, 3.63) is 71.8 Å². The Bertz CT molecular complexity index is 1110. The number of aryl methyl sites for hydroxylation is 1. The van der Waals surface area contributed by atoms with Crippen LogP contribution in [0.25, 0.3) is 0 Å². The molecule has 1 atom stereocenters. The van der Waals surface area contributed by atoms with Crippen molar-refractivity contribution in [2.75, 3.05) is 24.7 Å². The van der Waals surface area contributed by atoms with Crippen LogP contribution in [-0.2, 0) is 12.4 Å². The number of fused-ring (bicyclic) bond motifs is 1. The van der Waals surface area contributed by atoms with E-state index in [4.69, 9.17) is 0 Å². The first-order valence-electron chi connectivity index (χ1n) is 9.60. The van der Waals surface area contributed by atoms with Gasteiger partial charge in [-0.15, -0.1) is 11.8 Å². The summed E-state index contributed by atoms with van der Waals surface area (Å²) in [5, 5.41) is 15.8. The number of carbonyl (C=O) groups excluding carboxylic acids is 1. The molecule has 1 aliphatic rings. The predicted molar refractivity (Wildman–Crippen MR) is 113 cm³/mol. The minimum Gasteiger partial charge on any atom is -0.350 e. The Labute approximate surface area is 182 Å². The minimum absolute atomic E-state index is 0.111. The van der Waals surface area contributed by atoms with Crippen LogP contribution in [0.3, 0.4) is 0 Å². The molecule has 31 heavy (non-hydrogen) atoms. The SMILES string of the molecule is CSc1ccc2c(c1)N(C)C(O)(c1ccc(F)cc1F)N(CCCn1cncn1)C2=O. The van der Waals surface area contributed by atoms with Gasteiger partial charge in [-0.3, -0.25) is 14.4 Å². The summed E-state index contributed by atoms with van der Waals surface area (Å²) in [7, 11) is 1.59. The number of anilines is 1. The number of carbonyl (C=O) groups is 1. The highest BCUT2D eigenvalue weighted by Gasteiger charge is 2.50. The maximum absolute atomic E-state index is 14.8. The van der Waals surface area contributed by atoms with E-state index in [2.05, 4.69) is 10.1 Å². The highest BCUT2D eigenvalue weighted by molar-refractivity contribution is 7.98. The molecule has 0 radical (unpaired) electrons. The fourth-order valence-corrected chi connectivity index (χ4v) is 4.25. The molecule has 0 aliphatic carbocycles. The van der Waals surface area contributed by atoms with E-state index in [1.54, 1.807) is 30.2 Å². The third-order valence-corrected chi connectivity index (χ3v) is 6.14. The molecule has 2 aromatic carbocycles. The van der Waals surface area contributed by atoms with Crippen molar-refractivity contribution in [2.24, 2.45) is 0 Å². The standard InChI is InChI=1S/C21H21F2N5O2S/c1-26-19-11-15(31-2)5-6-16(19)20(29)28(9-3-8-27-13-24-12-25-27)21(26,30)17-7-4-14(22)10-18(17)23/h4-7,10-13,30H,3,8-9H2,1-2H3. The fourth-order valence-electron chi connectivity index (χ4n) is 3.82. The molecule has 0 fully saturated rings. The van der Waals surface area contributed by atoms with Crippen LogP contribution in [0.2, 0.25) is 0 Å². The summed E-state index contributed by atoms with van der Waals surface area (Å²) in [6.45, 7) is 0.563. The van der Waals surface area contributed by atoms with Gasteiger partial charge in [0.1, 0.15) is 24.3 Å². The van der Waals surface area contributed by atoms with Crippen molar-refractivity contribution in [2.45, 2.75) is 23.7 Å². The molecule has 1 aliphatic heterocycles. The number of thioether (sulfide) groups is 1. The lowest BCUT2D eigenvalue weighted by Gasteiger charge is -2.50. The third kappa shape index (κ3) is 3.66. The molecular formula is C21H21F2N5O2S. The number of aliphatic hydroxyl groups is 1. The Kier molecular flexibility index (Phi) is 5.67. The van der Waals surface area contributed by atoms with Gasteiger partial charge in [0.25, 0.3) is 11.8 Å². The van der Waals surface area contributed by atoms with Gasteiger partial charge in [0, 0.05) is 31.1 Å². The summed E-state index contributed by atoms with van der Waals surface area (Å²) < 4.78 is 30.0. The lowest BCUT2D eigenvalue weighted by atomic mass is 9.98. The van der Waals surface area contributed by atoms with Gasteiger partial charge in [0.2, 0.25) is 0 Å². The van der Waals surface area contributed by atoms with Gasteiger partial charge in [-0.1, -0.05) is 0 Å². The van der Waals surface area contributed by atoms with Gasteiger partial charge in [-0.2, -0.15) is 5.10 Å². The number of nitrogens with zero attached hydrogens (tertiary/aromatic N) is 5. The number of hydrogen-bond acceptors (Lipinski definition) is 6. The molecule has 0 saturated carbocycles. The van der Waals surface area contributed by atoms with Crippen LogP contribution in [-0.4, -0.2) is 50.5 Å². The van der Waals surface area contributed by atoms with E-state index in [1.165, 1.54) is 34.0 Å². The predicted octanol–water partition coefficient (Wildman–Crippen LogP) is 3.06. The quantitative estimate of drug-likeness (QED) is 0.588. The zero-order chi connectivity index (χ0) is 22.2. The van der Waals surface area contributed by atoms with Crippen molar-refractivity contribution in [1.29, 1.82) is 0 Å². The molecule has 1 unspecified atom stereocenters. The zero-order valence-electron chi connectivity index (χ0n) is 17.0. The van der Waals surface area contributed by atoms with Gasteiger partial charge in [0.05, 0.1) is 16.8 Å². The number of amides is 1. The van der Waals surface area contributed by atoms with E-state index in [0.29, 0.717) is 30.3 Å². The monoisotopic (exact) mass is 445 g/mol. The minimum atomic E-state index is -2.14. The first-order chi connectivity index (χ1) is 14.9. The smallest absolute Gasteiger partial charge is 0.259 e. The van der Waals surface area contributed by atoms with Crippen LogP contribution in [0.15, 0.2) is 53.9 Å². The lowest BCUT2D eigenvalue weighted by Crippen LogP contribution is -2.63. The normalized spacial score (nSPS) is 18.4. The van der Waals surface area contributed by atoms with Crippen molar-refractivity contribution in [3.63, 3.8) is 0 Å². The van der Waals surface area contributed by atoms with E-state index >= 15 is 0 Å². The summed E-state index contributed by atoms with van der Waals surface area (Å²) in [6, 6.07) is 8.24. The van der Waals surface area contributed by atoms with E-state index in [1.807, 2.05) is 12.3 Å². The summed E-state index contributed by atoms with van der Waals surface area (Å²) in [5.41, 5.74) is 0.662. The topological polar surface area (TPSA) is 74.5 Å². The molecule has 3 aromatic rings. The van der Waals surface area contributed by atoms with Crippen molar-refractivity contribution >= 4 is 23.4 Å². The second-order valence-corrected chi connectivity index (χ2v) is 8.05. The van der Waals surface area contributed by atoms with E-state index in [9.17, 15) is 18.7 Å². The number of hydrogen-bond donors (Lipinski definition) is 1. The Hall–Kier alpha value is -2.98. The van der Waals surface area contributed by atoms with Gasteiger partial charge in [-0.05, 0) is 43.0 Å². The van der Waals surface area contributed by atoms with Gasteiger partial charge < -0.3 is 10.0 Å². The second kappa shape index (κ2) is 8.27. The van der Waals surface area contributed by atoms with Gasteiger partial charge >= 0.3 is 0 Å². The Morgan fingerprint density at radius 2 is 1.97 bits per heavy atom. The van der Waals surface area contributed by atoms with Crippen LogP contribution in [0, 0.1) is 11.6 Å². The molecule has 1 aromatic heterocycles. The Morgan fingerprint density at radius 1 is 1.16 bits per heavy atom. The molecule has 0 saturated heterocycles. The molecule has 1 amide bonds. The zero-order valence-corrected chi connectivity index (χ0v) is 17.8. The largest absolute Gasteiger partial charge is 0.350 e. The fraction of sp³-hybridized carbons (Fsp3) is 0.286. The maximum Gasteiger partial charge on any atom is 0.259 e. The molecule has 162 valence electrons. The van der Waals surface area contributed by atoms with E-state index < -0.39 is 23.4 Å². The summed E-state index contributed by atoms with van der Waals surface area (Å²) in [4.78, 5) is 20.9.